The molecule has 1 aliphatic carbocycles. The standard InChI is InChI=1S/C26H32O2/c1-2-3-4-5-6-7-8-24-19-23(15-18-26(24)28)22-11-9-20(10-12-22)21-13-16-25(27)17-14-21/h9,11-20,27-28H,2-8,10H2,1H3. The summed E-state index contributed by atoms with van der Waals surface area (Å²) in [4.78, 5) is 0. The van der Waals surface area contributed by atoms with Crippen LogP contribution in [0, 0.1) is 0 Å². The van der Waals surface area contributed by atoms with E-state index in [1.807, 2.05) is 24.3 Å². The third-order valence-electron chi connectivity index (χ3n) is 5.63. The quantitative estimate of drug-likeness (QED) is 0.457. The molecule has 2 nitrogen and oxygen atoms in total. The number of hydrogen-bond acceptors (Lipinski definition) is 2. The Hall–Kier alpha value is -2.48. The predicted octanol–water partition coefficient (Wildman–Crippen LogP) is 7.13. The first-order valence-electron chi connectivity index (χ1n) is 10.7. The van der Waals surface area contributed by atoms with Crippen molar-refractivity contribution in [3.63, 3.8) is 0 Å². The Morgan fingerprint density at radius 2 is 1.64 bits per heavy atom. The van der Waals surface area contributed by atoms with E-state index in [1.165, 1.54) is 48.8 Å². The Balaban J connectivity index is 1.59. The highest BCUT2D eigenvalue weighted by atomic mass is 16.3. The van der Waals surface area contributed by atoms with Crippen LogP contribution >= 0.6 is 0 Å². The summed E-state index contributed by atoms with van der Waals surface area (Å²) in [6.07, 6.45) is 16.2. The van der Waals surface area contributed by atoms with E-state index < -0.39 is 0 Å². The van der Waals surface area contributed by atoms with Crippen LogP contribution in [0.5, 0.6) is 11.5 Å². The zero-order chi connectivity index (χ0) is 19.8. The van der Waals surface area contributed by atoms with Gasteiger partial charge in [0, 0.05) is 5.92 Å². The Bertz CT molecular complexity index is 815. The topological polar surface area (TPSA) is 40.5 Å². The average molecular weight is 377 g/mol. The second kappa shape index (κ2) is 10.2. The number of phenols is 2. The van der Waals surface area contributed by atoms with E-state index in [1.54, 1.807) is 12.1 Å². The Morgan fingerprint density at radius 1 is 0.893 bits per heavy atom. The third-order valence-corrected chi connectivity index (χ3v) is 5.63. The van der Waals surface area contributed by atoms with Crippen LogP contribution in [0.3, 0.4) is 0 Å². The van der Waals surface area contributed by atoms with Crippen molar-refractivity contribution in [2.45, 2.75) is 64.2 Å². The predicted molar refractivity (Wildman–Crippen MR) is 118 cm³/mol. The summed E-state index contributed by atoms with van der Waals surface area (Å²) in [7, 11) is 0. The van der Waals surface area contributed by atoms with E-state index in [2.05, 4.69) is 31.2 Å². The molecule has 148 valence electrons. The second-order valence-electron chi connectivity index (χ2n) is 7.81. The van der Waals surface area contributed by atoms with Gasteiger partial charge in [-0.15, -0.1) is 0 Å². The molecule has 0 spiro atoms. The van der Waals surface area contributed by atoms with Crippen molar-refractivity contribution in [3.8, 4) is 11.5 Å². The van der Waals surface area contributed by atoms with Gasteiger partial charge in [0.25, 0.3) is 0 Å². The minimum atomic E-state index is 0.307. The number of benzene rings is 2. The van der Waals surface area contributed by atoms with E-state index in [-0.39, 0.29) is 0 Å². The molecule has 0 aromatic heterocycles. The van der Waals surface area contributed by atoms with Gasteiger partial charge >= 0.3 is 0 Å². The number of allylic oxidation sites excluding steroid dienone is 4. The summed E-state index contributed by atoms with van der Waals surface area (Å²) < 4.78 is 0. The van der Waals surface area contributed by atoms with Crippen LogP contribution in [0.25, 0.3) is 5.57 Å². The van der Waals surface area contributed by atoms with Crippen molar-refractivity contribution in [3.05, 3.63) is 77.4 Å². The average Bonchev–Trinajstić information content (AvgIpc) is 2.72. The summed E-state index contributed by atoms with van der Waals surface area (Å²) in [5, 5.41) is 19.7. The molecule has 1 atom stereocenters. The summed E-state index contributed by atoms with van der Waals surface area (Å²) in [5.74, 6) is 1.07. The maximum Gasteiger partial charge on any atom is 0.118 e. The molecule has 2 heteroatoms. The lowest BCUT2D eigenvalue weighted by Crippen LogP contribution is -1.99. The highest BCUT2D eigenvalue weighted by molar-refractivity contribution is 5.76. The molecule has 0 saturated carbocycles. The molecule has 2 N–H and O–H groups in total. The number of aryl methyl sites for hydroxylation is 1. The maximum atomic E-state index is 10.2. The molecule has 2 aromatic rings. The van der Waals surface area contributed by atoms with Gasteiger partial charge in [-0.05, 0) is 65.8 Å². The van der Waals surface area contributed by atoms with Gasteiger partial charge < -0.3 is 10.2 Å². The van der Waals surface area contributed by atoms with E-state index in [9.17, 15) is 10.2 Å². The lowest BCUT2D eigenvalue weighted by Gasteiger charge is -2.17. The van der Waals surface area contributed by atoms with E-state index in [0.717, 1.165) is 24.8 Å². The number of phenolic OH excluding ortho intramolecular Hbond substituents is 2. The van der Waals surface area contributed by atoms with Crippen LogP contribution in [0.1, 0.15) is 74.5 Å². The molecule has 0 heterocycles. The first-order valence-corrected chi connectivity index (χ1v) is 10.7. The number of hydrogen-bond donors (Lipinski definition) is 2. The zero-order valence-corrected chi connectivity index (χ0v) is 16.9. The highest BCUT2D eigenvalue weighted by Gasteiger charge is 2.13. The summed E-state index contributed by atoms with van der Waals surface area (Å²) >= 11 is 0. The third kappa shape index (κ3) is 5.51. The number of aromatic hydroxyl groups is 2. The van der Waals surface area contributed by atoms with Crippen LogP contribution in [-0.2, 0) is 6.42 Å². The van der Waals surface area contributed by atoms with Crippen molar-refractivity contribution in [2.24, 2.45) is 0 Å². The van der Waals surface area contributed by atoms with E-state index in [0.29, 0.717) is 17.4 Å². The van der Waals surface area contributed by atoms with Crippen LogP contribution < -0.4 is 0 Å². The van der Waals surface area contributed by atoms with Gasteiger partial charge in [-0.3, -0.25) is 0 Å². The molecule has 0 fully saturated rings. The van der Waals surface area contributed by atoms with Crippen molar-refractivity contribution in [1.29, 1.82) is 0 Å². The van der Waals surface area contributed by atoms with Crippen molar-refractivity contribution < 1.29 is 10.2 Å². The summed E-state index contributed by atoms with van der Waals surface area (Å²) in [5.41, 5.74) is 4.68. The summed E-state index contributed by atoms with van der Waals surface area (Å²) in [6, 6.07) is 13.5. The lowest BCUT2D eigenvalue weighted by molar-refractivity contribution is 0.466. The lowest BCUT2D eigenvalue weighted by atomic mass is 9.87. The molecule has 2 aromatic carbocycles. The van der Waals surface area contributed by atoms with Gasteiger partial charge in [-0.1, -0.05) is 75.5 Å². The van der Waals surface area contributed by atoms with E-state index in [4.69, 9.17) is 0 Å². The fraction of sp³-hybridized carbons (Fsp3) is 0.385. The molecule has 0 amide bonds. The molecule has 3 rings (SSSR count). The van der Waals surface area contributed by atoms with Crippen molar-refractivity contribution >= 4 is 5.57 Å². The zero-order valence-electron chi connectivity index (χ0n) is 16.9. The maximum absolute atomic E-state index is 10.2. The smallest absolute Gasteiger partial charge is 0.118 e. The van der Waals surface area contributed by atoms with Gasteiger partial charge in [-0.25, -0.2) is 0 Å². The van der Waals surface area contributed by atoms with Crippen LogP contribution in [0.4, 0.5) is 0 Å². The highest BCUT2D eigenvalue weighted by Crippen LogP contribution is 2.33. The van der Waals surface area contributed by atoms with Crippen LogP contribution in [0.2, 0.25) is 0 Å². The van der Waals surface area contributed by atoms with Gasteiger partial charge in [0.2, 0.25) is 0 Å². The number of rotatable bonds is 9. The molecular formula is C26H32O2. The van der Waals surface area contributed by atoms with Crippen LogP contribution in [0.15, 0.2) is 60.7 Å². The van der Waals surface area contributed by atoms with Crippen LogP contribution in [-0.4, -0.2) is 10.2 Å². The molecular weight excluding hydrogens is 344 g/mol. The van der Waals surface area contributed by atoms with Crippen molar-refractivity contribution in [1.82, 2.24) is 0 Å². The van der Waals surface area contributed by atoms with Crippen molar-refractivity contribution in [2.75, 3.05) is 0 Å². The Kier molecular flexibility index (Phi) is 7.36. The van der Waals surface area contributed by atoms with Gasteiger partial charge in [-0.2, -0.15) is 0 Å². The summed E-state index contributed by atoms with van der Waals surface area (Å²) in [6.45, 7) is 2.24. The van der Waals surface area contributed by atoms with Gasteiger partial charge in [0.15, 0.2) is 0 Å². The SMILES string of the molecule is CCCCCCCCc1cc(C2=CCC(c3ccc(O)cc3)C=C2)ccc1O. The number of unbranched alkanes of at least 4 members (excludes halogenated alkanes) is 5. The minimum absolute atomic E-state index is 0.307. The minimum Gasteiger partial charge on any atom is -0.508 e. The molecule has 0 saturated heterocycles. The molecule has 0 bridgehead atoms. The molecule has 1 aliphatic rings. The van der Waals surface area contributed by atoms with Gasteiger partial charge in [0.1, 0.15) is 11.5 Å². The molecule has 28 heavy (non-hydrogen) atoms. The normalized spacial score (nSPS) is 16.2. The second-order valence-corrected chi connectivity index (χ2v) is 7.81. The Morgan fingerprint density at radius 3 is 2.36 bits per heavy atom. The fourth-order valence-electron chi connectivity index (χ4n) is 3.86. The monoisotopic (exact) mass is 376 g/mol. The molecule has 0 radical (unpaired) electrons. The molecule has 0 aliphatic heterocycles. The van der Waals surface area contributed by atoms with Gasteiger partial charge in [0.05, 0.1) is 0 Å². The fourth-order valence-corrected chi connectivity index (χ4v) is 3.86. The Labute approximate surface area is 169 Å². The largest absolute Gasteiger partial charge is 0.508 e. The first kappa shape index (κ1) is 20.3. The van der Waals surface area contributed by atoms with E-state index >= 15 is 0 Å². The first-order chi connectivity index (χ1) is 13.7. The molecule has 1 unspecified atom stereocenters.